The number of aliphatic imine (C=N–C) groups is 1. The SMILES string of the molecule is COC(CN/C(S)=N/C(C)C)OC.I. The van der Waals surface area contributed by atoms with Crippen molar-refractivity contribution in [3.63, 3.8) is 0 Å². The fraction of sp³-hybridized carbons (Fsp3) is 0.875. The zero-order valence-corrected chi connectivity index (χ0v) is 12.2. The highest BCUT2D eigenvalue weighted by Crippen LogP contribution is 1.92. The van der Waals surface area contributed by atoms with Crippen molar-refractivity contribution in [2.45, 2.75) is 26.2 Å². The molecule has 0 unspecified atom stereocenters. The summed E-state index contributed by atoms with van der Waals surface area (Å²) in [6.45, 7) is 4.52. The lowest BCUT2D eigenvalue weighted by molar-refractivity contribution is -0.0964. The third-order valence-corrected chi connectivity index (χ3v) is 1.61. The van der Waals surface area contributed by atoms with Crippen molar-refractivity contribution in [1.82, 2.24) is 5.32 Å². The summed E-state index contributed by atoms with van der Waals surface area (Å²) < 4.78 is 9.96. The first-order chi connectivity index (χ1) is 6.10. The van der Waals surface area contributed by atoms with Gasteiger partial charge in [0.15, 0.2) is 11.5 Å². The van der Waals surface area contributed by atoms with E-state index in [9.17, 15) is 0 Å². The van der Waals surface area contributed by atoms with Crippen LogP contribution >= 0.6 is 36.6 Å². The summed E-state index contributed by atoms with van der Waals surface area (Å²) in [4.78, 5) is 4.18. The molecule has 0 spiro atoms. The van der Waals surface area contributed by atoms with Gasteiger partial charge in [-0.25, -0.2) is 0 Å². The molecule has 86 valence electrons. The highest BCUT2D eigenvalue weighted by atomic mass is 127. The van der Waals surface area contributed by atoms with Gasteiger partial charge in [-0.2, -0.15) is 0 Å². The second kappa shape index (κ2) is 10.0. The van der Waals surface area contributed by atoms with Crippen molar-refractivity contribution in [3.05, 3.63) is 0 Å². The molecule has 0 aromatic carbocycles. The average molecular weight is 334 g/mol. The van der Waals surface area contributed by atoms with Crippen LogP contribution in [-0.4, -0.2) is 38.3 Å². The van der Waals surface area contributed by atoms with Crippen LogP contribution in [0.25, 0.3) is 0 Å². The molecule has 14 heavy (non-hydrogen) atoms. The summed E-state index contributed by atoms with van der Waals surface area (Å²) in [6.07, 6.45) is -0.260. The molecule has 0 aliphatic carbocycles. The number of halogens is 1. The molecule has 0 aliphatic heterocycles. The smallest absolute Gasteiger partial charge is 0.174 e. The van der Waals surface area contributed by atoms with Gasteiger partial charge in [0.2, 0.25) is 0 Å². The molecule has 0 aliphatic rings. The largest absolute Gasteiger partial charge is 0.360 e. The molecule has 1 N–H and O–H groups in total. The minimum atomic E-state index is -0.260. The van der Waals surface area contributed by atoms with Gasteiger partial charge in [-0.05, 0) is 13.8 Å². The van der Waals surface area contributed by atoms with Crippen LogP contribution in [0.1, 0.15) is 13.8 Å². The Hall–Kier alpha value is 0.470. The van der Waals surface area contributed by atoms with Crippen LogP contribution in [0.3, 0.4) is 0 Å². The fourth-order valence-corrected chi connectivity index (χ4v) is 1.05. The molecule has 0 atom stereocenters. The van der Waals surface area contributed by atoms with E-state index in [2.05, 4.69) is 22.9 Å². The Labute approximate surface area is 108 Å². The van der Waals surface area contributed by atoms with Crippen molar-refractivity contribution < 1.29 is 9.47 Å². The van der Waals surface area contributed by atoms with Crippen LogP contribution in [0.2, 0.25) is 0 Å². The van der Waals surface area contributed by atoms with Gasteiger partial charge in [0.05, 0.1) is 6.54 Å². The molecule has 0 rings (SSSR count). The summed E-state index contributed by atoms with van der Waals surface area (Å²) in [5, 5.41) is 3.59. The van der Waals surface area contributed by atoms with E-state index in [-0.39, 0.29) is 36.3 Å². The Morgan fingerprint density at radius 3 is 2.21 bits per heavy atom. The van der Waals surface area contributed by atoms with Crippen molar-refractivity contribution in [2.24, 2.45) is 4.99 Å². The van der Waals surface area contributed by atoms with E-state index in [0.29, 0.717) is 11.7 Å². The van der Waals surface area contributed by atoms with E-state index in [0.717, 1.165) is 0 Å². The standard InChI is InChI=1S/C8H18N2O2S.HI/c1-6(2)10-8(13)9-5-7(11-3)12-4;/h6-7H,5H2,1-4H3,(H2,9,10,13);1H. The second-order valence-corrected chi connectivity index (χ2v) is 3.25. The first-order valence-electron chi connectivity index (χ1n) is 4.16. The summed E-state index contributed by atoms with van der Waals surface area (Å²) in [7, 11) is 3.18. The number of nitrogens with one attached hydrogen (secondary N) is 1. The number of methoxy groups -OCH3 is 2. The van der Waals surface area contributed by atoms with Crippen LogP contribution in [0, 0.1) is 0 Å². The molecular formula is C8H19IN2O2S. The first-order valence-corrected chi connectivity index (χ1v) is 4.61. The van der Waals surface area contributed by atoms with Gasteiger partial charge in [-0.1, -0.05) is 0 Å². The van der Waals surface area contributed by atoms with E-state index in [4.69, 9.17) is 9.47 Å². The third kappa shape index (κ3) is 9.04. The molecule has 0 heterocycles. The van der Waals surface area contributed by atoms with Gasteiger partial charge in [0.1, 0.15) is 0 Å². The maximum Gasteiger partial charge on any atom is 0.174 e. The second-order valence-electron chi connectivity index (χ2n) is 2.83. The predicted octanol–water partition coefficient (Wildman–Crippen LogP) is 1.51. The Balaban J connectivity index is 0. The Bertz CT molecular complexity index is 163. The molecule has 0 saturated carbocycles. The minimum absolute atomic E-state index is 0. The summed E-state index contributed by atoms with van der Waals surface area (Å²) in [6, 6.07) is 0.239. The third-order valence-electron chi connectivity index (χ3n) is 1.33. The zero-order valence-electron chi connectivity index (χ0n) is 8.98. The number of hydrogen-bond donors (Lipinski definition) is 2. The number of ether oxygens (including phenoxy) is 2. The van der Waals surface area contributed by atoms with Crippen LogP contribution < -0.4 is 5.32 Å². The van der Waals surface area contributed by atoms with E-state index in [1.807, 2.05) is 13.8 Å². The van der Waals surface area contributed by atoms with Crippen molar-refractivity contribution in [2.75, 3.05) is 20.8 Å². The number of thiol groups is 1. The number of hydrogen-bond acceptors (Lipinski definition) is 3. The summed E-state index contributed by atoms with van der Waals surface area (Å²) in [5.41, 5.74) is 0. The first kappa shape index (κ1) is 16.9. The normalized spacial score (nSPS) is 11.8. The molecule has 0 bridgehead atoms. The number of amidine groups is 1. The van der Waals surface area contributed by atoms with Crippen LogP contribution in [0.5, 0.6) is 0 Å². The Morgan fingerprint density at radius 1 is 1.36 bits per heavy atom. The van der Waals surface area contributed by atoms with Crippen molar-refractivity contribution in [1.29, 1.82) is 0 Å². The van der Waals surface area contributed by atoms with Crippen LogP contribution in [0.15, 0.2) is 4.99 Å². The van der Waals surface area contributed by atoms with Gasteiger partial charge in [-0.3, -0.25) is 4.99 Å². The topological polar surface area (TPSA) is 42.8 Å². The van der Waals surface area contributed by atoms with E-state index in [1.165, 1.54) is 0 Å². The monoisotopic (exact) mass is 334 g/mol. The quantitative estimate of drug-likeness (QED) is 0.263. The van der Waals surface area contributed by atoms with Crippen molar-refractivity contribution in [3.8, 4) is 0 Å². The average Bonchev–Trinajstić information content (AvgIpc) is 2.05. The van der Waals surface area contributed by atoms with Gasteiger partial charge in [0, 0.05) is 20.3 Å². The minimum Gasteiger partial charge on any atom is -0.360 e. The predicted molar refractivity (Wildman–Crippen MR) is 72.8 cm³/mol. The molecule has 0 aromatic heterocycles. The molecule has 0 amide bonds. The van der Waals surface area contributed by atoms with Gasteiger partial charge in [0.25, 0.3) is 0 Å². The molecule has 0 fully saturated rings. The summed E-state index contributed by atoms with van der Waals surface area (Å²) >= 11 is 4.15. The summed E-state index contributed by atoms with van der Waals surface area (Å²) in [5.74, 6) is 0. The van der Waals surface area contributed by atoms with Crippen molar-refractivity contribution >= 4 is 41.8 Å². The maximum absolute atomic E-state index is 4.98. The van der Waals surface area contributed by atoms with Gasteiger partial charge < -0.3 is 14.8 Å². The Morgan fingerprint density at radius 2 is 1.86 bits per heavy atom. The molecule has 6 heteroatoms. The molecular weight excluding hydrogens is 315 g/mol. The van der Waals surface area contributed by atoms with Crippen LogP contribution in [0.4, 0.5) is 0 Å². The molecule has 4 nitrogen and oxygen atoms in total. The highest BCUT2D eigenvalue weighted by Gasteiger charge is 2.04. The lowest BCUT2D eigenvalue weighted by Crippen LogP contribution is -2.32. The molecule has 0 saturated heterocycles. The van der Waals surface area contributed by atoms with Gasteiger partial charge >= 0.3 is 0 Å². The lowest BCUT2D eigenvalue weighted by Gasteiger charge is -2.14. The molecule has 0 radical (unpaired) electrons. The molecule has 0 aromatic rings. The zero-order chi connectivity index (χ0) is 10.3. The lowest BCUT2D eigenvalue weighted by atomic mass is 10.4. The van der Waals surface area contributed by atoms with E-state index >= 15 is 0 Å². The number of nitrogens with zero attached hydrogens (tertiary/aromatic N) is 1. The van der Waals surface area contributed by atoms with Crippen LogP contribution in [-0.2, 0) is 9.47 Å². The van der Waals surface area contributed by atoms with E-state index < -0.39 is 0 Å². The highest BCUT2D eigenvalue weighted by molar-refractivity contribution is 14.0. The Kier molecular flexibility index (Phi) is 12.1. The fourth-order valence-electron chi connectivity index (χ4n) is 0.728. The number of rotatable bonds is 5. The van der Waals surface area contributed by atoms with Gasteiger partial charge in [-0.15, -0.1) is 36.6 Å². The maximum atomic E-state index is 4.98. The van der Waals surface area contributed by atoms with E-state index in [1.54, 1.807) is 14.2 Å².